The van der Waals surface area contributed by atoms with Crippen LogP contribution in [0.25, 0.3) is 0 Å². The second kappa shape index (κ2) is 8.26. The summed E-state index contributed by atoms with van der Waals surface area (Å²) in [6.07, 6.45) is 4.62. The van der Waals surface area contributed by atoms with Crippen LogP contribution in [0.5, 0.6) is 0 Å². The Morgan fingerprint density at radius 1 is 1.12 bits per heavy atom. The van der Waals surface area contributed by atoms with Gasteiger partial charge in [0.05, 0.1) is 26.0 Å². The van der Waals surface area contributed by atoms with Gasteiger partial charge >= 0.3 is 0 Å². The summed E-state index contributed by atoms with van der Waals surface area (Å²) in [7, 11) is 4.37. The van der Waals surface area contributed by atoms with Crippen LogP contribution in [-0.2, 0) is 10.1 Å². The number of rotatable bonds is 3. The molecule has 0 radical (unpaired) electrons. The van der Waals surface area contributed by atoms with E-state index in [0.29, 0.717) is 6.04 Å². The molecule has 1 saturated heterocycles. The predicted octanol–water partition coefficient (Wildman–Crippen LogP) is 2.64. The molecule has 1 atom stereocenters. The van der Waals surface area contributed by atoms with E-state index in [2.05, 4.69) is 50.2 Å². The Morgan fingerprint density at radius 3 is 2.15 bits per heavy atom. The summed E-state index contributed by atoms with van der Waals surface area (Å²) < 4.78 is 31.6. The molecule has 0 amide bonds. The Kier molecular flexibility index (Phi) is 6.52. The third-order valence-electron chi connectivity index (χ3n) is 4.40. The van der Waals surface area contributed by atoms with Gasteiger partial charge in [0.2, 0.25) is 5.82 Å². The highest BCUT2D eigenvalue weighted by Gasteiger charge is 2.23. The van der Waals surface area contributed by atoms with Crippen LogP contribution in [0, 0.1) is 0 Å². The lowest BCUT2D eigenvalue weighted by Gasteiger charge is -2.23. The highest BCUT2D eigenvalue weighted by Crippen LogP contribution is 2.30. The summed E-state index contributed by atoms with van der Waals surface area (Å²) in [6.45, 7) is 1.21. The lowest BCUT2D eigenvalue weighted by molar-refractivity contribution is 0.316. The van der Waals surface area contributed by atoms with Crippen molar-refractivity contribution in [1.82, 2.24) is 14.4 Å². The first-order valence-electron chi connectivity index (χ1n) is 8.58. The largest absolute Gasteiger partial charge is 0.744 e. The van der Waals surface area contributed by atoms with Crippen molar-refractivity contribution in [3.8, 4) is 0 Å². The van der Waals surface area contributed by atoms with Crippen molar-refractivity contribution in [3.63, 3.8) is 0 Å². The Bertz CT molecular complexity index is 800. The van der Waals surface area contributed by atoms with E-state index in [1.807, 2.05) is 6.20 Å². The molecule has 142 valence electrons. The normalized spacial score (nSPS) is 18.3. The molecule has 26 heavy (non-hydrogen) atoms. The second-order valence-electron chi connectivity index (χ2n) is 7.37. The van der Waals surface area contributed by atoms with Gasteiger partial charge in [0, 0.05) is 18.3 Å². The number of quaternary nitrogens is 1. The van der Waals surface area contributed by atoms with Gasteiger partial charge in [-0.2, -0.15) is 0 Å². The Labute approximate surface area is 156 Å². The van der Waals surface area contributed by atoms with E-state index < -0.39 is 10.1 Å². The van der Waals surface area contributed by atoms with Gasteiger partial charge in [-0.15, -0.1) is 0 Å². The van der Waals surface area contributed by atoms with Crippen molar-refractivity contribution >= 4 is 15.9 Å². The Morgan fingerprint density at radius 2 is 1.77 bits per heavy atom. The summed E-state index contributed by atoms with van der Waals surface area (Å²) in [4.78, 5) is 6.81. The lowest BCUT2D eigenvalue weighted by atomic mass is 10.1. The van der Waals surface area contributed by atoms with Crippen molar-refractivity contribution in [2.45, 2.75) is 23.8 Å². The maximum Gasteiger partial charge on any atom is 0.226 e. The first kappa shape index (κ1) is 20.5. The van der Waals surface area contributed by atoms with Gasteiger partial charge < -0.3 is 4.55 Å². The monoisotopic (exact) mass is 377 g/mol. The van der Waals surface area contributed by atoms with Crippen LogP contribution in [-0.4, -0.2) is 57.6 Å². The fourth-order valence-electron chi connectivity index (χ4n) is 2.91. The van der Waals surface area contributed by atoms with Crippen LogP contribution in [0.15, 0.2) is 53.6 Å². The van der Waals surface area contributed by atoms with Gasteiger partial charge in [0.1, 0.15) is 10.1 Å². The first-order chi connectivity index (χ1) is 12.1. The molecule has 0 N–H and O–H groups in total. The zero-order valence-electron chi connectivity index (χ0n) is 15.8. The van der Waals surface area contributed by atoms with E-state index in [-0.39, 0.29) is 4.90 Å². The van der Waals surface area contributed by atoms with Crippen LogP contribution < -0.4 is 4.48 Å². The summed E-state index contributed by atoms with van der Waals surface area (Å²) in [5.41, 5.74) is 1.36. The van der Waals surface area contributed by atoms with E-state index in [1.54, 1.807) is 6.07 Å². The van der Waals surface area contributed by atoms with Crippen LogP contribution in [0.1, 0.15) is 24.4 Å². The molecule has 1 aliphatic rings. The van der Waals surface area contributed by atoms with Crippen LogP contribution >= 0.6 is 0 Å². The summed E-state index contributed by atoms with van der Waals surface area (Å²) in [6, 6.07) is 12.2. The molecule has 0 aliphatic carbocycles. The molecular formula is C19H27N3O3S. The molecule has 1 fully saturated rings. The van der Waals surface area contributed by atoms with Crippen molar-refractivity contribution in [2.75, 3.05) is 34.7 Å². The highest BCUT2D eigenvalue weighted by molar-refractivity contribution is 7.85. The van der Waals surface area contributed by atoms with E-state index in [9.17, 15) is 13.0 Å². The van der Waals surface area contributed by atoms with E-state index in [0.717, 1.165) is 10.3 Å². The van der Waals surface area contributed by atoms with Crippen LogP contribution in [0.4, 0.5) is 5.82 Å². The number of pyridine rings is 1. The average molecular weight is 378 g/mol. The van der Waals surface area contributed by atoms with E-state index >= 15 is 0 Å². The maximum absolute atomic E-state index is 10.3. The molecular weight excluding hydrogens is 350 g/mol. The molecule has 0 saturated carbocycles. The van der Waals surface area contributed by atoms with Crippen LogP contribution in [0.3, 0.4) is 0 Å². The average Bonchev–Trinajstić information content (AvgIpc) is 3.01. The molecule has 6 nitrogen and oxygen atoms in total. The quantitative estimate of drug-likeness (QED) is 0.607. The number of hydrogen-bond donors (Lipinski definition) is 0. The topological polar surface area (TPSA) is 73.3 Å². The van der Waals surface area contributed by atoms with Gasteiger partial charge in [-0.1, -0.05) is 18.2 Å². The molecule has 0 bridgehead atoms. The molecule has 7 heteroatoms. The molecule has 2 aromatic rings. The number of hydrogen-bond acceptors (Lipinski definition) is 5. The fraction of sp³-hybridized carbons (Fsp3) is 0.421. The molecule has 1 aliphatic heterocycles. The lowest BCUT2D eigenvalue weighted by Crippen LogP contribution is -2.35. The van der Waals surface area contributed by atoms with Gasteiger partial charge in [-0.25, -0.2) is 13.4 Å². The van der Waals surface area contributed by atoms with Crippen LogP contribution in [0.2, 0.25) is 0 Å². The minimum atomic E-state index is -4.25. The zero-order valence-corrected chi connectivity index (χ0v) is 16.6. The van der Waals surface area contributed by atoms with Crippen molar-refractivity contribution in [2.24, 2.45) is 0 Å². The SMILES string of the molecule is CN1CCCC1c1ccc([N+](C)(C)C)nc1.O=S(=O)([O-])c1ccccc1. The number of likely N-dealkylation sites (tertiary alicyclic amines) is 1. The van der Waals surface area contributed by atoms with Gasteiger partial charge in [-0.05, 0) is 50.2 Å². The maximum atomic E-state index is 10.3. The van der Waals surface area contributed by atoms with Gasteiger partial charge in [-0.3, -0.25) is 9.38 Å². The number of aromatic nitrogens is 1. The summed E-state index contributed by atoms with van der Waals surface area (Å²) in [5, 5.41) is 0. The molecule has 1 aromatic heterocycles. The van der Waals surface area contributed by atoms with E-state index in [1.165, 1.54) is 49.2 Å². The molecule has 1 unspecified atom stereocenters. The summed E-state index contributed by atoms with van der Waals surface area (Å²) in [5.74, 6) is 1.12. The minimum Gasteiger partial charge on any atom is -0.744 e. The Balaban J connectivity index is 0.000000209. The van der Waals surface area contributed by atoms with Crippen molar-refractivity contribution < 1.29 is 13.0 Å². The van der Waals surface area contributed by atoms with Gasteiger partial charge in [0.15, 0.2) is 0 Å². The number of nitrogens with zero attached hydrogens (tertiary/aromatic N) is 3. The second-order valence-corrected chi connectivity index (χ2v) is 8.75. The molecule has 0 spiro atoms. The standard InChI is InChI=1S/C13H22N3.C6H6O3S/c1-15-9-5-6-12(15)11-7-8-13(14-10-11)16(2,3)4;7-10(8,9)6-4-2-1-3-5-6/h7-8,10,12H,5-6,9H2,1-4H3;1-5H,(H,7,8,9)/q+1;/p-1. The first-order valence-corrected chi connectivity index (χ1v) is 9.99. The molecule has 2 heterocycles. The van der Waals surface area contributed by atoms with E-state index in [4.69, 9.17) is 0 Å². The predicted molar refractivity (Wildman–Crippen MR) is 103 cm³/mol. The fourth-order valence-corrected chi connectivity index (χ4v) is 3.40. The molecule has 3 rings (SSSR count). The van der Waals surface area contributed by atoms with Crippen molar-refractivity contribution in [1.29, 1.82) is 0 Å². The minimum absolute atomic E-state index is 0.185. The third kappa shape index (κ3) is 5.60. The van der Waals surface area contributed by atoms with Crippen molar-refractivity contribution in [3.05, 3.63) is 54.2 Å². The Hall–Kier alpha value is -1.80. The third-order valence-corrected chi connectivity index (χ3v) is 5.24. The smallest absolute Gasteiger partial charge is 0.226 e. The highest BCUT2D eigenvalue weighted by atomic mass is 32.2. The zero-order chi connectivity index (χ0) is 19.4. The van der Waals surface area contributed by atoms with Gasteiger partial charge in [0.25, 0.3) is 0 Å². The number of benzene rings is 1. The summed E-state index contributed by atoms with van der Waals surface area (Å²) >= 11 is 0. The molecule has 1 aromatic carbocycles.